The van der Waals surface area contributed by atoms with Crippen molar-refractivity contribution < 1.29 is 14.2 Å². The SMILES string of the molecule is CN=C(NCCN(C)CCOC)N1CCC(OCCCOC)CC1.I. The summed E-state index contributed by atoms with van der Waals surface area (Å²) in [6, 6.07) is 0. The van der Waals surface area contributed by atoms with E-state index >= 15 is 0 Å². The van der Waals surface area contributed by atoms with Crippen molar-refractivity contribution >= 4 is 29.9 Å². The minimum Gasteiger partial charge on any atom is -0.385 e. The van der Waals surface area contributed by atoms with Gasteiger partial charge in [0.2, 0.25) is 0 Å². The fraction of sp³-hybridized carbons (Fsp3) is 0.941. The van der Waals surface area contributed by atoms with Gasteiger partial charge in [-0.2, -0.15) is 0 Å². The third-order valence-electron chi connectivity index (χ3n) is 4.25. The van der Waals surface area contributed by atoms with Crippen molar-refractivity contribution in [2.75, 3.05) is 80.9 Å². The predicted molar refractivity (Wildman–Crippen MR) is 113 cm³/mol. The quantitative estimate of drug-likeness (QED) is 0.212. The fourth-order valence-electron chi connectivity index (χ4n) is 2.74. The second-order valence-corrected chi connectivity index (χ2v) is 6.17. The van der Waals surface area contributed by atoms with Gasteiger partial charge < -0.3 is 29.3 Å². The van der Waals surface area contributed by atoms with E-state index in [2.05, 4.69) is 27.2 Å². The van der Waals surface area contributed by atoms with Crippen LogP contribution in [0.4, 0.5) is 0 Å². The Hall–Kier alpha value is -0.160. The first-order valence-corrected chi connectivity index (χ1v) is 8.94. The molecule has 0 unspecified atom stereocenters. The number of nitrogens with zero attached hydrogens (tertiary/aromatic N) is 3. The lowest BCUT2D eigenvalue weighted by Crippen LogP contribution is -2.48. The number of nitrogens with one attached hydrogen (secondary N) is 1. The van der Waals surface area contributed by atoms with Gasteiger partial charge in [0.15, 0.2) is 5.96 Å². The van der Waals surface area contributed by atoms with Crippen molar-refractivity contribution in [2.45, 2.75) is 25.4 Å². The molecule has 150 valence electrons. The zero-order valence-electron chi connectivity index (χ0n) is 16.3. The van der Waals surface area contributed by atoms with E-state index < -0.39 is 0 Å². The minimum absolute atomic E-state index is 0. The molecule has 1 aliphatic rings. The molecule has 1 N–H and O–H groups in total. The van der Waals surface area contributed by atoms with Crippen molar-refractivity contribution in [3.8, 4) is 0 Å². The summed E-state index contributed by atoms with van der Waals surface area (Å²) < 4.78 is 16.1. The summed E-state index contributed by atoms with van der Waals surface area (Å²) >= 11 is 0. The van der Waals surface area contributed by atoms with Crippen LogP contribution in [0.2, 0.25) is 0 Å². The molecule has 25 heavy (non-hydrogen) atoms. The standard InChI is InChI=1S/C17H36N4O3.HI/c1-18-17(19-8-11-20(2)12-15-23-4)21-9-6-16(7-10-21)24-14-5-13-22-3;/h16H,5-15H2,1-4H3,(H,18,19);1H. The maximum atomic E-state index is 5.91. The van der Waals surface area contributed by atoms with E-state index in [4.69, 9.17) is 14.2 Å². The molecule has 1 fully saturated rings. The number of guanidine groups is 1. The molecule has 1 heterocycles. The van der Waals surface area contributed by atoms with E-state index in [0.29, 0.717) is 6.10 Å². The number of ether oxygens (including phenoxy) is 3. The smallest absolute Gasteiger partial charge is 0.193 e. The first-order chi connectivity index (χ1) is 11.7. The molecule has 1 aliphatic heterocycles. The van der Waals surface area contributed by atoms with Gasteiger partial charge >= 0.3 is 0 Å². The molecule has 0 radical (unpaired) electrons. The lowest BCUT2D eigenvalue weighted by molar-refractivity contribution is 0.00990. The Morgan fingerprint density at radius 1 is 1.12 bits per heavy atom. The molecular formula is C17H37IN4O3. The summed E-state index contributed by atoms with van der Waals surface area (Å²) in [7, 11) is 7.42. The zero-order chi connectivity index (χ0) is 17.6. The van der Waals surface area contributed by atoms with E-state index in [1.54, 1.807) is 14.2 Å². The highest BCUT2D eigenvalue weighted by atomic mass is 127. The van der Waals surface area contributed by atoms with Crippen molar-refractivity contribution in [1.82, 2.24) is 15.1 Å². The Morgan fingerprint density at radius 3 is 2.40 bits per heavy atom. The van der Waals surface area contributed by atoms with Crippen LogP contribution in [0.15, 0.2) is 4.99 Å². The summed E-state index contributed by atoms with van der Waals surface area (Å²) in [5.74, 6) is 0.993. The van der Waals surface area contributed by atoms with Crippen molar-refractivity contribution in [2.24, 2.45) is 4.99 Å². The van der Waals surface area contributed by atoms with Crippen molar-refractivity contribution in [3.05, 3.63) is 0 Å². The van der Waals surface area contributed by atoms with Gasteiger partial charge in [0.05, 0.1) is 12.7 Å². The highest BCUT2D eigenvalue weighted by Crippen LogP contribution is 2.14. The molecule has 0 spiro atoms. The molecule has 1 rings (SSSR count). The molecule has 0 atom stereocenters. The van der Waals surface area contributed by atoms with Gasteiger partial charge in [0.25, 0.3) is 0 Å². The Kier molecular flexibility index (Phi) is 15.9. The predicted octanol–water partition coefficient (Wildman–Crippen LogP) is 1.28. The Labute approximate surface area is 170 Å². The second kappa shape index (κ2) is 16.0. The lowest BCUT2D eigenvalue weighted by Gasteiger charge is -2.34. The highest BCUT2D eigenvalue weighted by Gasteiger charge is 2.21. The fourth-order valence-corrected chi connectivity index (χ4v) is 2.74. The summed E-state index contributed by atoms with van der Waals surface area (Å²) in [6.07, 6.45) is 3.45. The Bertz CT molecular complexity index is 340. The third-order valence-corrected chi connectivity index (χ3v) is 4.25. The summed E-state index contributed by atoms with van der Waals surface area (Å²) in [5.41, 5.74) is 0. The number of rotatable bonds is 11. The topological polar surface area (TPSA) is 58.6 Å². The molecule has 1 saturated heterocycles. The first-order valence-electron chi connectivity index (χ1n) is 8.94. The average molecular weight is 472 g/mol. The molecule has 0 aliphatic carbocycles. The summed E-state index contributed by atoms with van der Waals surface area (Å²) in [4.78, 5) is 8.99. The van der Waals surface area contributed by atoms with E-state index in [0.717, 1.165) is 77.8 Å². The van der Waals surface area contributed by atoms with Gasteiger partial charge in [0, 0.05) is 67.2 Å². The number of piperidine rings is 1. The number of aliphatic imine (C=N–C) groups is 1. The molecule has 7 nitrogen and oxygen atoms in total. The van der Waals surface area contributed by atoms with Crippen LogP contribution in [0.3, 0.4) is 0 Å². The van der Waals surface area contributed by atoms with Gasteiger partial charge in [-0.3, -0.25) is 4.99 Å². The number of likely N-dealkylation sites (N-methyl/N-ethyl adjacent to an activating group) is 1. The molecule has 0 amide bonds. The average Bonchev–Trinajstić information content (AvgIpc) is 2.61. The van der Waals surface area contributed by atoms with Crippen LogP contribution in [0.5, 0.6) is 0 Å². The lowest BCUT2D eigenvalue weighted by atomic mass is 10.1. The zero-order valence-corrected chi connectivity index (χ0v) is 18.7. The van der Waals surface area contributed by atoms with Gasteiger partial charge in [-0.15, -0.1) is 24.0 Å². The molecule has 0 aromatic rings. The van der Waals surface area contributed by atoms with Gasteiger partial charge in [-0.1, -0.05) is 0 Å². The molecule has 0 saturated carbocycles. The van der Waals surface area contributed by atoms with Gasteiger partial charge in [-0.05, 0) is 26.3 Å². The molecule has 0 aromatic carbocycles. The second-order valence-electron chi connectivity index (χ2n) is 6.17. The van der Waals surface area contributed by atoms with Gasteiger partial charge in [-0.25, -0.2) is 0 Å². The minimum atomic E-state index is 0. The monoisotopic (exact) mass is 472 g/mol. The van der Waals surface area contributed by atoms with Crippen LogP contribution >= 0.6 is 24.0 Å². The van der Waals surface area contributed by atoms with E-state index in [1.807, 2.05) is 7.05 Å². The summed E-state index contributed by atoms with van der Waals surface area (Å²) in [5, 5.41) is 3.46. The maximum absolute atomic E-state index is 5.91. The molecule has 0 bridgehead atoms. The van der Waals surface area contributed by atoms with Gasteiger partial charge in [0.1, 0.15) is 0 Å². The number of halogens is 1. The largest absolute Gasteiger partial charge is 0.385 e. The first kappa shape index (κ1) is 24.8. The third kappa shape index (κ3) is 11.2. The number of likely N-dealkylation sites (tertiary alicyclic amines) is 1. The molecular weight excluding hydrogens is 435 g/mol. The van der Waals surface area contributed by atoms with Crippen LogP contribution in [0.25, 0.3) is 0 Å². The molecule has 8 heteroatoms. The van der Waals surface area contributed by atoms with Crippen LogP contribution < -0.4 is 5.32 Å². The van der Waals surface area contributed by atoms with Crippen LogP contribution in [-0.2, 0) is 14.2 Å². The van der Waals surface area contributed by atoms with Crippen LogP contribution in [-0.4, -0.2) is 103 Å². The van der Waals surface area contributed by atoms with Crippen LogP contribution in [0, 0.1) is 0 Å². The maximum Gasteiger partial charge on any atom is 0.193 e. The Balaban J connectivity index is 0.00000576. The Morgan fingerprint density at radius 2 is 1.80 bits per heavy atom. The highest BCUT2D eigenvalue weighted by molar-refractivity contribution is 14.0. The van der Waals surface area contributed by atoms with Crippen LogP contribution in [0.1, 0.15) is 19.3 Å². The van der Waals surface area contributed by atoms with E-state index in [9.17, 15) is 0 Å². The molecule has 0 aromatic heterocycles. The summed E-state index contributed by atoms with van der Waals surface area (Å²) in [6.45, 7) is 7.13. The van der Waals surface area contributed by atoms with Crippen molar-refractivity contribution in [3.63, 3.8) is 0 Å². The normalized spacial score (nSPS) is 16.2. The van der Waals surface area contributed by atoms with E-state index in [-0.39, 0.29) is 24.0 Å². The number of methoxy groups -OCH3 is 2. The van der Waals surface area contributed by atoms with E-state index in [1.165, 1.54) is 0 Å². The number of hydrogen-bond donors (Lipinski definition) is 1. The van der Waals surface area contributed by atoms with Crippen molar-refractivity contribution in [1.29, 1.82) is 0 Å². The number of hydrogen-bond acceptors (Lipinski definition) is 5.